The van der Waals surface area contributed by atoms with Crippen LogP contribution < -0.4 is 14.8 Å². The summed E-state index contributed by atoms with van der Waals surface area (Å²) < 4.78 is 11.0. The molecule has 3 heteroatoms. The lowest BCUT2D eigenvalue weighted by Gasteiger charge is -2.11. The molecule has 0 heterocycles. The predicted octanol–water partition coefficient (Wildman–Crippen LogP) is 2.72. The second kappa shape index (κ2) is 7.74. The van der Waals surface area contributed by atoms with Gasteiger partial charge in [0.2, 0.25) is 0 Å². The van der Waals surface area contributed by atoms with Crippen LogP contribution in [0.15, 0.2) is 24.3 Å². The monoisotopic (exact) mass is 235 g/mol. The average Bonchev–Trinajstić information content (AvgIpc) is 2.36. The van der Waals surface area contributed by atoms with Crippen molar-refractivity contribution in [2.45, 2.75) is 13.8 Å². The Morgan fingerprint density at radius 3 is 2.76 bits per heavy atom. The second-order valence-corrected chi connectivity index (χ2v) is 3.61. The van der Waals surface area contributed by atoms with Crippen molar-refractivity contribution in [3.8, 4) is 11.5 Å². The highest BCUT2D eigenvalue weighted by Crippen LogP contribution is 2.28. The lowest BCUT2D eigenvalue weighted by molar-refractivity contribution is 0.293. The molecule has 1 aromatic rings. The van der Waals surface area contributed by atoms with Gasteiger partial charge in [-0.2, -0.15) is 0 Å². The third-order valence-corrected chi connectivity index (χ3v) is 2.33. The molecular weight excluding hydrogens is 214 g/mol. The number of methoxy groups -OCH3 is 1. The molecule has 17 heavy (non-hydrogen) atoms. The van der Waals surface area contributed by atoms with Crippen molar-refractivity contribution in [1.82, 2.24) is 5.32 Å². The SMILES string of the molecule is CC=Cc1ccc(OCCNCC)c(OC)c1. The summed E-state index contributed by atoms with van der Waals surface area (Å²) in [6.07, 6.45) is 4.03. The summed E-state index contributed by atoms with van der Waals surface area (Å²) in [5.41, 5.74) is 1.11. The van der Waals surface area contributed by atoms with Crippen molar-refractivity contribution in [3.63, 3.8) is 0 Å². The Morgan fingerprint density at radius 2 is 2.12 bits per heavy atom. The Balaban J connectivity index is 2.64. The minimum Gasteiger partial charge on any atom is -0.493 e. The normalized spacial score (nSPS) is 10.8. The third-order valence-electron chi connectivity index (χ3n) is 2.33. The smallest absolute Gasteiger partial charge is 0.161 e. The van der Waals surface area contributed by atoms with E-state index in [9.17, 15) is 0 Å². The Kier molecular flexibility index (Phi) is 6.18. The number of hydrogen-bond donors (Lipinski definition) is 1. The number of likely N-dealkylation sites (N-methyl/N-ethyl adjacent to an activating group) is 1. The van der Waals surface area contributed by atoms with Crippen LogP contribution in [0.25, 0.3) is 6.08 Å². The van der Waals surface area contributed by atoms with E-state index in [0.29, 0.717) is 6.61 Å². The Labute approximate surface area is 103 Å². The minimum atomic E-state index is 0.646. The second-order valence-electron chi connectivity index (χ2n) is 3.61. The first-order valence-electron chi connectivity index (χ1n) is 5.96. The van der Waals surface area contributed by atoms with Gasteiger partial charge in [0, 0.05) is 6.54 Å². The van der Waals surface area contributed by atoms with Crippen LogP contribution in [-0.4, -0.2) is 26.8 Å². The maximum atomic E-state index is 5.65. The Morgan fingerprint density at radius 1 is 1.29 bits per heavy atom. The highest BCUT2D eigenvalue weighted by atomic mass is 16.5. The zero-order valence-electron chi connectivity index (χ0n) is 10.8. The summed E-state index contributed by atoms with van der Waals surface area (Å²) in [5.74, 6) is 1.57. The number of hydrogen-bond acceptors (Lipinski definition) is 3. The first-order valence-corrected chi connectivity index (χ1v) is 5.96. The predicted molar refractivity (Wildman–Crippen MR) is 71.7 cm³/mol. The van der Waals surface area contributed by atoms with Gasteiger partial charge < -0.3 is 14.8 Å². The fourth-order valence-corrected chi connectivity index (χ4v) is 1.51. The first kappa shape index (κ1) is 13.6. The van der Waals surface area contributed by atoms with Crippen molar-refractivity contribution >= 4 is 6.08 Å². The number of rotatable bonds is 7. The molecule has 0 spiro atoms. The molecule has 0 bridgehead atoms. The van der Waals surface area contributed by atoms with E-state index in [4.69, 9.17) is 9.47 Å². The van der Waals surface area contributed by atoms with Crippen LogP contribution in [0.2, 0.25) is 0 Å². The molecule has 0 aliphatic rings. The van der Waals surface area contributed by atoms with E-state index in [1.807, 2.05) is 37.3 Å². The van der Waals surface area contributed by atoms with E-state index >= 15 is 0 Å². The third kappa shape index (κ3) is 4.49. The summed E-state index contributed by atoms with van der Waals surface area (Å²) in [5, 5.41) is 3.21. The largest absolute Gasteiger partial charge is 0.493 e. The van der Waals surface area contributed by atoms with Crippen molar-refractivity contribution in [1.29, 1.82) is 0 Å². The number of nitrogens with one attached hydrogen (secondary N) is 1. The van der Waals surface area contributed by atoms with Gasteiger partial charge in [-0.3, -0.25) is 0 Å². The highest BCUT2D eigenvalue weighted by molar-refractivity contribution is 5.55. The Hall–Kier alpha value is -1.48. The van der Waals surface area contributed by atoms with Crippen molar-refractivity contribution in [2.75, 3.05) is 26.8 Å². The van der Waals surface area contributed by atoms with Crippen molar-refractivity contribution < 1.29 is 9.47 Å². The molecule has 1 aromatic carbocycles. The molecule has 0 saturated carbocycles. The van der Waals surface area contributed by atoms with Gasteiger partial charge in [0.25, 0.3) is 0 Å². The van der Waals surface area contributed by atoms with Crippen LogP contribution in [0.3, 0.4) is 0 Å². The molecule has 0 atom stereocenters. The first-order chi connectivity index (χ1) is 8.31. The van der Waals surface area contributed by atoms with Gasteiger partial charge >= 0.3 is 0 Å². The summed E-state index contributed by atoms with van der Waals surface area (Å²) in [7, 11) is 1.66. The van der Waals surface area contributed by atoms with Gasteiger partial charge in [-0.15, -0.1) is 0 Å². The molecule has 0 unspecified atom stereocenters. The molecule has 0 aliphatic carbocycles. The van der Waals surface area contributed by atoms with Crippen LogP contribution >= 0.6 is 0 Å². The molecule has 0 aromatic heterocycles. The zero-order chi connectivity index (χ0) is 12.5. The fraction of sp³-hybridized carbons (Fsp3) is 0.429. The van der Waals surface area contributed by atoms with E-state index in [2.05, 4.69) is 12.2 Å². The van der Waals surface area contributed by atoms with Crippen LogP contribution in [0.1, 0.15) is 19.4 Å². The number of benzene rings is 1. The molecule has 0 radical (unpaired) electrons. The molecule has 0 saturated heterocycles. The lowest BCUT2D eigenvalue weighted by atomic mass is 10.2. The van der Waals surface area contributed by atoms with Gasteiger partial charge in [0.1, 0.15) is 6.61 Å². The summed E-state index contributed by atoms with van der Waals surface area (Å²) in [4.78, 5) is 0. The molecular formula is C14H21NO2. The van der Waals surface area contributed by atoms with E-state index < -0.39 is 0 Å². The van der Waals surface area contributed by atoms with Crippen LogP contribution in [0, 0.1) is 0 Å². The summed E-state index contributed by atoms with van der Waals surface area (Å²) in [6.45, 7) is 6.52. The molecule has 0 amide bonds. The summed E-state index contributed by atoms with van der Waals surface area (Å²) in [6, 6.07) is 5.94. The number of allylic oxidation sites excluding steroid dienone is 1. The van der Waals surface area contributed by atoms with Crippen molar-refractivity contribution in [2.24, 2.45) is 0 Å². The maximum Gasteiger partial charge on any atom is 0.161 e. The van der Waals surface area contributed by atoms with E-state index in [1.54, 1.807) is 7.11 Å². The molecule has 94 valence electrons. The van der Waals surface area contributed by atoms with Crippen molar-refractivity contribution in [3.05, 3.63) is 29.8 Å². The van der Waals surface area contributed by atoms with Crippen LogP contribution in [0.4, 0.5) is 0 Å². The van der Waals surface area contributed by atoms with Gasteiger partial charge in [-0.05, 0) is 31.2 Å². The molecule has 1 rings (SSSR count). The zero-order valence-corrected chi connectivity index (χ0v) is 10.8. The average molecular weight is 235 g/mol. The van der Waals surface area contributed by atoms with Gasteiger partial charge in [-0.1, -0.05) is 25.1 Å². The molecule has 0 fully saturated rings. The lowest BCUT2D eigenvalue weighted by Crippen LogP contribution is -2.20. The topological polar surface area (TPSA) is 30.5 Å². The van der Waals surface area contributed by atoms with Crippen LogP contribution in [0.5, 0.6) is 11.5 Å². The molecule has 3 nitrogen and oxygen atoms in total. The standard InChI is InChI=1S/C14H21NO2/c1-4-6-12-7-8-13(14(11-12)16-3)17-10-9-15-5-2/h4,6-8,11,15H,5,9-10H2,1-3H3. The van der Waals surface area contributed by atoms with Gasteiger partial charge in [0.05, 0.1) is 7.11 Å². The summed E-state index contributed by atoms with van der Waals surface area (Å²) >= 11 is 0. The molecule has 0 aliphatic heterocycles. The van der Waals surface area contributed by atoms with Crippen LogP contribution in [-0.2, 0) is 0 Å². The minimum absolute atomic E-state index is 0.646. The van der Waals surface area contributed by atoms with Gasteiger partial charge in [0.15, 0.2) is 11.5 Å². The fourth-order valence-electron chi connectivity index (χ4n) is 1.51. The Bertz CT molecular complexity index is 361. The van der Waals surface area contributed by atoms with E-state index in [-0.39, 0.29) is 0 Å². The molecule has 1 N–H and O–H groups in total. The quantitative estimate of drug-likeness (QED) is 0.737. The highest BCUT2D eigenvalue weighted by Gasteiger charge is 2.04. The van der Waals surface area contributed by atoms with E-state index in [0.717, 1.165) is 30.2 Å². The van der Waals surface area contributed by atoms with Gasteiger partial charge in [-0.25, -0.2) is 0 Å². The maximum absolute atomic E-state index is 5.65. The van der Waals surface area contributed by atoms with E-state index in [1.165, 1.54) is 0 Å². The number of ether oxygens (including phenoxy) is 2.